The molecule has 3 aromatic rings. The van der Waals surface area contributed by atoms with Crippen molar-refractivity contribution in [1.82, 2.24) is 20.3 Å². The predicted molar refractivity (Wildman–Crippen MR) is 165 cm³/mol. The highest BCUT2D eigenvalue weighted by atomic mass is 32.2. The average molecular weight is 583 g/mol. The topological polar surface area (TPSA) is 105 Å². The minimum atomic E-state index is 0.0361. The van der Waals surface area contributed by atoms with Crippen LogP contribution in [0.4, 0.5) is 11.8 Å². The van der Waals surface area contributed by atoms with Crippen LogP contribution >= 0.6 is 11.8 Å². The van der Waals surface area contributed by atoms with Crippen molar-refractivity contribution in [3.05, 3.63) is 35.9 Å². The number of ether oxygens (including phenoxy) is 3. The first-order valence-corrected chi connectivity index (χ1v) is 15.8. The first kappa shape index (κ1) is 29.8. The Labute approximate surface area is 246 Å². The molecule has 2 aliphatic rings. The Morgan fingerprint density at radius 3 is 2.56 bits per heavy atom. The number of pyridine rings is 1. The van der Waals surface area contributed by atoms with Crippen molar-refractivity contribution < 1.29 is 19.3 Å². The van der Waals surface area contributed by atoms with Gasteiger partial charge in [-0.05, 0) is 62.6 Å². The summed E-state index contributed by atoms with van der Waals surface area (Å²) in [7, 11) is 1.68. The zero-order valence-electron chi connectivity index (χ0n) is 24.5. The third-order valence-electron chi connectivity index (χ3n) is 7.59. The Morgan fingerprint density at radius 1 is 1.07 bits per heavy atom. The quantitative estimate of drug-likeness (QED) is 0.348. The Bertz CT molecular complexity index is 1300. The number of aromatic nitrogens is 3. The van der Waals surface area contributed by atoms with E-state index in [0.29, 0.717) is 31.4 Å². The number of benzene rings is 1. The number of hydrogen-bond donors (Lipinski definition) is 2. The predicted octanol–water partition coefficient (Wildman–Crippen LogP) is 3.35. The monoisotopic (exact) mass is 582 g/mol. The number of aliphatic hydroxyl groups excluding tert-OH is 1. The van der Waals surface area contributed by atoms with Crippen LogP contribution in [0, 0.1) is 0 Å². The van der Waals surface area contributed by atoms with Crippen LogP contribution in [0.3, 0.4) is 0 Å². The van der Waals surface area contributed by atoms with E-state index in [4.69, 9.17) is 29.2 Å². The van der Waals surface area contributed by atoms with Crippen molar-refractivity contribution in [2.45, 2.75) is 45.1 Å². The molecule has 2 saturated heterocycles. The number of thioether (sulfide) groups is 1. The molecule has 0 bridgehead atoms. The summed E-state index contributed by atoms with van der Waals surface area (Å²) >= 11 is 1.78. The molecule has 1 aromatic carbocycles. The van der Waals surface area contributed by atoms with Gasteiger partial charge in [0.1, 0.15) is 11.6 Å². The van der Waals surface area contributed by atoms with Gasteiger partial charge in [0.05, 0.1) is 50.2 Å². The molecular formula is C30H42N6O4S. The number of methoxy groups -OCH3 is 1. The number of aliphatic hydroxyl groups is 1. The maximum Gasteiger partial charge on any atom is 0.229 e. The molecule has 3 atom stereocenters. The Balaban J connectivity index is 1.50. The number of morpholine rings is 2. The molecule has 5 rings (SSSR count). The first-order chi connectivity index (χ1) is 20.0. The molecule has 2 aromatic heterocycles. The van der Waals surface area contributed by atoms with Crippen molar-refractivity contribution in [3.63, 3.8) is 0 Å². The van der Waals surface area contributed by atoms with E-state index in [0.717, 1.165) is 72.1 Å². The molecule has 0 amide bonds. The smallest absolute Gasteiger partial charge is 0.229 e. The van der Waals surface area contributed by atoms with Gasteiger partial charge in [0.15, 0.2) is 5.65 Å². The van der Waals surface area contributed by atoms with E-state index in [1.807, 2.05) is 18.2 Å². The highest BCUT2D eigenvalue weighted by Gasteiger charge is 2.27. The lowest BCUT2D eigenvalue weighted by atomic mass is 10.1. The number of hydrogen-bond acceptors (Lipinski definition) is 11. The van der Waals surface area contributed by atoms with E-state index < -0.39 is 0 Å². The zero-order valence-corrected chi connectivity index (χ0v) is 25.3. The normalized spacial score (nSPS) is 20.4. The van der Waals surface area contributed by atoms with Gasteiger partial charge in [-0.25, -0.2) is 4.98 Å². The van der Waals surface area contributed by atoms with E-state index in [9.17, 15) is 5.11 Å². The van der Waals surface area contributed by atoms with E-state index >= 15 is 0 Å². The number of rotatable bonds is 11. The van der Waals surface area contributed by atoms with Crippen LogP contribution in [0.2, 0.25) is 0 Å². The second-order valence-electron chi connectivity index (χ2n) is 10.7. The zero-order chi connectivity index (χ0) is 28.8. The molecule has 2 aliphatic heterocycles. The average Bonchev–Trinajstić information content (AvgIpc) is 3.00. The maximum atomic E-state index is 9.81. The van der Waals surface area contributed by atoms with Gasteiger partial charge in [-0.2, -0.15) is 21.7 Å². The van der Waals surface area contributed by atoms with Gasteiger partial charge in [0.25, 0.3) is 0 Å². The van der Waals surface area contributed by atoms with Gasteiger partial charge in [-0.3, -0.25) is 0 Å². The van der Waals surface area contributed by atoms with Crippen molar-refractivity contribution in [1.29, 1.82) is 0 Å². The molecule has 0 aliphatic carbocycles. The second-order valence-corrected chi connectivity index (χ2v) is 11.7. The van der Waals surface area contributed by atoms with Crippen molar-refractivity contribution >= 4 is 34.6 Å². The van der Waals surface area contributed by atoms with Crippen LogP contribution in [-0.2, 0) is 16.0 Å². The standard InChI is InChI=1S/C30H42N6O4S/c1-20-17-36(18-21(2)40-20)30-33-28-25(29(34-30)35-10-12-39-13-11-35)6-7-26(32-28)22-5-8-27(38-3)23(15-22)16-31-24(19-37)9-14-41-4/h5-8,15,20-21,24,31,37H,9-14,16-19H2,1-4H3/t20-,21+,24-/m0/s1. The van der Waals surface area contributed by atoms with Gasteiger partial charge < -0.3 is 34.4 Å². The minimum absolute atomic E-state index is 0.0361. The Kier molecular flexibility index (Phi) is 10.2. The first-order valence-electron chi connectivity index (χ1n) is 14.4. The summed E-state index contributed by atoms with van der Waals surface area (Å²) in [5.41, 5.74) is 3.51. The summed E-state index contributed by atoms with van der Waals surface area (Å²) in [6.07, 6.45) is 3.18. The van der Waals surface area contributed by atoms with Gasteiger partial charge in [0, 0.05) is 49.9 Å². The largest absolute Gasteiger partial charge is 0.496 e. The van der Waals surface area contributed by atoms with E-state index in [1.165, 1.54) is 0 Å². The lowest BCUT2D eigenvalue weighted by Crippen LogP contribution is -2.46. The highest BCUT2D eigenvalue weighted by Crippen LogP contribution is 2.31. The number of anilines is 2. The molecule has 10 nitrogen and oxygen atoms in total. The molecule has 0 spiro atoms. The van der Waals surface area contributed by atoms with Crippen molar-refractivity contribution in [3.8, 4) is 17.0 Å². The molecule has 11 heteroatoms. The van der Waals surface area contributed by atoms with Crippen molar-refractivity contribution in [2.24, 2.45) is 0 Å². The Morgan fingerprint density at radius 2 is 1.85 bits per heavy atom. The second kappa shape index (κ2) is 14.0. The fourth-order valence-electron chi connectivity index (χ4n) is 5.49. The van der Waals surface area contributed by atoms with Crippen LogP contribution in [0.1, 0.15) is 25.8 Å². The van der Waals surface area contributed by atoms with Crippen LogP contribution in [0.5, 0.6) is 5.75 Å². The summed E-state index contributed by atoms with van der Waals surface area (Å²) < 4.78 is 17.2. The van der Waals surface area contributed by atoms with Gasteiger partial charge in [0.2, 0.25) is 5.95 Å². The lowest BCUT2D eigenvalue weighted by Gasteiger charge is -2.36. The third kappa shape index (κ3) is 7.21. The molecule has 0 saturated carbocycles. The number of nitrogens with zero attached hydrogens (tertiary/aromatic N) is 5. The summed E-state index contributed by atoms with van der Waals surface area (Å²) in [6.45, 7) is 9.25. The number of fused-ring (bicyclic) bond motifs is 1. The molecule has 0 radical (unpaired) electrons. The molecular weight excluding hydrogens is 540 g/mol. The molecule has 0 unspecified atom stereocenters. The molecule has 4 heterocycles. The molecule has 2 fully saturated rings. The van der Waals surface area contributed by atoms with Gasteiger partial charge in [-0.15, -0.1) is 0 Å². The van der Waals surface area contributed by atoms with Gasteiger partial charge >= 0.3 is 0 Å². The third-order valence-corrected chi connectivity index (χ3v) is 8.23. The molecule has 222 valence electrons. The Hall–Kier alpha value is -2.70. The summed E-state index contributed by atoms with van der Waals surface area (Å²) in [4.78, 5) is 19.6. The molecule has 2 N–H and O–H groups in total. The fraction of sp³-hybridized carbons (Fsp3) is 0.567. The van der Waals surface area contributed by atoms with Crippen LogP contribution < -0.4 is 19.9 Å². The van der Waals surface area contributed by atoms with Crippen molar-refractivity contribution in [2.75, 3.05) is 74.9 Å². The lowest BCUT2D eigenvalue weighted by molar-refractivity contribution is -0.00570. The number of nitrogens with one attached hydrogen (secondary N) is 1. The minimum Gasteiger partial charge on any atom is -0.496 e. The highest BCUT2D eigenvalue weighted by molar-refractivity contribution is 7.98. The fourth-order valence-corrected chi connectivity index (χ4v) is 6.01. The SMILES string of the molecule is COc1ccc(-c2ccc3c(N4CCOCC4)nc(N4C[C@@H](C)O[C@@H](C)C4)nc3n2)cc1CN[C@H](CO)CCSC. The van der Waals surface area contributed by atoms with Crippen LogP contribution in [-0.4, -0.2) is 103 Å². The van der Waals surface area contributed by atoms with E-state index in [2.05, 4.69) is 47.4 Å². The van der Waals surface area contributed by atoms with Crippen LogP contribution in [0.25, 0.3) is 22.3 Å². The van der Waals surface area contributed by atoms with Crippen LogP contribution in [0.15, 0.2) is 30.3 Å². The van der Waals surface area contributed by atoms with Gasteiger partial charge in [-0.1, -0.05) is 0 Å². The molecule has 41 heavy (non-hydrogen) atoms. The van der Waals surface area contributed by atoms with E-state index in [1.54, 1.807) is 18.9 Å². The van der Waals surface area contributed by atoms with E-state index in [-0.39, 0.29) is 24.9 Å². The summed E-state index contributed by atoms with van der Waals surface area (Å²) in [5.74, 6) is 3.39. The maximum absolute atomic E-state index is 9.81. The summed E-state index contributed by atoms with van der Waals surface area (Å²) in [6, 6.07) is 10.3. The summed E-state index contributed by atoms with van der Waals surface area (Å²) in [5, 5.41) is 14.2.